The van der Waals surface area contributed by atoms with Crippen LogP contribution in [-0.4, -0.2) is 15.9 Å². The number of thiophene rings is 1. The van der Waals surface area contributed by atoms with Gasteiger partial charge in [0, 0.05) is 16.5 Å². The van der Waals surface area contributed by atoms with Crippen LogP contribution in [0.1, 0.15) is 15.4 Å². The van der Waals surface area contributed by atoms with Crippen LogP contribution in [0.15, 0.2) is 34.9 Å². The second-order valence-corrected chi connectivity index (χ2v) is 4.48. The molecule has 0 unspecified atom stereocenters. The highest BCUT2D eigenvalue weighted by molar-refractivity contribution is 7.80. The molecule has 0 aromatic carbocycles. The molecule has 1 amide bonds. The normalized spacial score (nSPS) is 10.1. The first-order valence-electron chi connectivity index (χ1n) is 4.56. The van der Waals surface area contributed by atoms with E-state index in [4.69, 9.17) is 0 Å². The Morgan fingerprint density at radius 2 is 2.44 bits per heavy atom. The van der Waals surface area contributed by atoms with Crippen LogP contribution in [-0.2, 0) is 6.54 Å². The van der Waals surface area contributed by atoms with Gasteiger partial charge in [0.1, 0.15) is 6.33 Å². The molecule has 82 valence electrons. The minimum absolute atomic E-state index is 0.107. The highest BCUT2D eigenvalue weighted by atomic mass is 32.1. The Hall–Kier alpha value is -1.40. The van der Waals surface area contributed by atoms with E-state index in [9.17, 15) is 4.79 Å². The van der Waals surface area contributed by atoms with Gasteiger partial charge in [-0.25, -0.2) is 9.97 Å². The van der Waals surface area contributed by atoms with E-state index in [2.05, 4.69) is 27.9 Å². The molecule has 1 N–H and O–H groups in total. The molecule has 0 aliphatic heterocycles. The van der Waals surface area contributed by atoms with Crippen molar-refractivity contribution in [2.24, 2.45) is 0 Å². The minimum Gasteiger partial charge on any atom is -0.346 e. The van der Waals surface area contributed by atoms with Crippen molar-refractivity contribution < 1.29 is 4.79 Å². The number of nitrogens with zero attached hydrogens (tertiary/aromatic N) is 2. The standard InChI is InChI=1S/C10H9N3OS2/c14-10(9-3-8(15)5-16-9)12-4-7-1-2-11-6-13-7/h1-3,5-6,15H,4H2,(H,12,14). The van der Waals surface area contributed by atoms with Crippen molar-refractivity contribution in [2.45, 2.75) is 11.4 Å². The summed E-state index contributed by atoms with van der Waals surface area (Å²) >= 11 is 5.52. The molecular weight excluding hydrogens is 242 g/mol. The van der Waals surface area contributed by atoms with Crippen LogP contribution >= 0.6 is 24.0 Å². The SMILES string of the molecule is O=C(NCc1ccncn1)c1cc(S)cs1. The van der Waals surface area contributed by atoms with E-state index in [0.717, 1.165) is 10.6 Å². The van der Waals surface area contributed by atoms with E-state index in [1.807, 2.05) is 5.38 Å². The zero-order chi connectivity index (χ0) is 11.4. The van der Waals surface area contributed by atoms with Crippen molar-refractivity contribution in [1.82, 2.24) is 15.3 Å². The first-order valence-corrected chi connectivity index (χ1v) is 5.89. The third kappa shape index (κ3) is 2.80. The van der Waals surface area contributed by atoms with Crippen molar-refractivity contribution in [3.8, 4) is 0 Å². The van der Waals surface area contributed by atoms with Gasteiger partial charge < -0.3 is 5.32 Å². The molecule has 0 spiro atoms. The summed E-state index contributed by atoms with van der Waals surface area (Å²) in [6, 6.07) is 3.50. The molecule has 2 heterocycles. The average Bonchev–Trinajstić information content (AvgIpc) is 2.74. The quantitative estimate of drug-likeness (QED) is 0.817. The van der Waals surface area contributed by atoms with Crippen LogP contribution in [0.2, 0.25) is 0 Å². The van der Waals surface area contributed by atoms with Crippen LogP contribution in [0.25, 0.3) is 0 Å². The predicted octanol–water partition coefficient (Wildman–Crippen LogP) is 1.76. The average molecular weight is 251 g/mol. The Morgan fingerprint density at radius 1 is 1.56 bits per heavy atom. The lowest BCUT2D eigenvalue weighted by atomic mass is 10.4. The topological polar surface area (TPSA) is 54.9 Å². The highest BCUT2D eigenvalue weighted by Gasteiger charge is 2.07. The molecule has 6 heteroatoms. The molecule has 0 saturated heterocycles. The van der Waals surface area contributed by atoms with Crippen molar-refractivity contribution in [1.29, 1.82) is 0 Å². The number of amides is 1. The Labute approximate surface area is 102 Å². The Balaban J connectivity index is 1.94. The molecule has 16 heavy (non-hydrogen) atoms. The summed E-state index contributed by atoms with van der Waals surface area (Å²) in [6.07, 6.45) is 3.10. The molecule has 0 saturated carbocycles. The molecule has 0 aliphatic carbocycles. The van der Waals surface area contributed by atoms with Gasteiger partial charge >= 0.3 is 0 Å². The number of nitrogens with one attached hydrogen (secondary N) is 1. The van der Waals surface area contributed by atoms with Crippen LogP contribution in [0, 0.1) is 0 Å². The van der Waals surface area contributed by atoms with Crippen LogP contribution < -0.4 is 5.32 Å². The first-order chi connectivity index (χ1) is 7.75. The fourth-order valence-corrected chi connectivity index (χ4v) is 2.19. The van der Waals surface area contributed by atoms with Gasteiger partial charge in [-0.3, -0.25) is 4.79 Å². The van der Waals surface area contributed by atoms with E-state index < -0.39 is 0 Å². The second-order valence-electron chi connectivity index (χ2n) is 3.05. The van der Waals surface area contributed by atoms with E-state index in [1.54, 1.807) is 18.3 Å². The van der Waals surface area contributed by atoms with Gasteiger partial charge in [0.25, 0.3) is 5.91 Å². The first kappa shape index (κ1) is 11.1. The summed E-state index contributed by atoms with van der Waals surface area (Å²) in [4.78, 5) is 20.9. The number of hydrogen-bond donors (Lipinski definition) is 2. The van der Waals surface area contributed by atoms with Gasteiger partial charge in [-0.05, 0) is 12.1 Å². The van der Waals surface area contributed by atoms with Crippen LogP contribution in [0.4, 0.5) is 0 Å². The van der Waals surface area contributed by atoms with Crippen molar-refractivity contribution in [3.63, 3.8) is 0 Å². The van der Waals surface area contributed by atoms with Crippen LogP contribution in [0.5, 0.6) is 0 Å². The maximum atomic E-state index is 11.7. The molecule has 0 aliphatic rings. The number of aromatic nitrogens is 2. The molecule has 0 atom stereocenters. The number of carbonyl (C=O) groups is 1. The van der Waals surface area contributed by atoms with E-state index in [0.29, 0.717) is 11.4 Å². The van der Waals surface area contributed by atoms with Gasteiger partial charge in [0.15, 0.2) is 0 Å². The lowest BCUT2D eigenvalue weighted by Gasteiger charge is -2.01. The molecule has 2 aromatic rings. The van der Waals surface area contributed by atoms with Crippen molar-refractivity contribution >= 4 is 29.9 Å². The smallest absolute Gasteiger partial charge is 0.261 e. The molecule has 2 rings (SSSR count). The lowest BCUT2D eigenvalue weighted by molar-refractivity contribution is 0.0954. The zero-order valence-corrected chi connectivity index (χ0v) is 9.96. The minimum atomic E-state index is -0.107. The summed E-state index contributed by atoms with van der Waals surface area (Å²) in [6.45, 7) is 0.404. The fraction of sp³-hybridized carbons (Fsp3) is 0.100. The predicted molar refractivity (Wildman–Crippen MR) is 64.8 cm³/mol. The van der Waals surface area contributed by atoms with Gasteiger partial charge in [0.2, 0.25) is 0 Å². The van der Waals surface area contributed by atoms with E-state index >= 15 is 0 Å². The van der Waals surface area contributed by atoms with Gasteiger partial charge in [0.05, 0.1) is 17.1 Å². The number of rotatable bonds is 3. The van der Waals surface area contributed by atoms with Crippen LogP contribution in [0.3, 0.4) is 0 Å². The van der Waals surface area contributed by atoms with Crippen molar-refractivity contribution in [3.05, 3.63) is 40.6 Å². The third-order valence-corrected chi connectivity index (χ3v) is 3.24. The van der Waals surface area contributed by atoms with E-state index in [-0.39, 0.29) is 5.91 Å². The summed E-state index contributed by atoms with van der Waals surface area (Å²) < 4.78 is 0. The Kier molecular flexibility index (Phi) is 3.53. The molecule has 0 bridgehead atoms. The molecule has 0 fully saturated rings. The monoisotopic (exact) mass is 251 g/mol. The molecule has 4 nitrogen and oxygen atoms in total. The van der Waals surface area contributed by atoms with Gasteiger partial charge in [-0.1, -0.05) is 0 Å². The number of hydrogen-bond acceptors (Lipinski definition) is 5. The largest absolute Gasteiger partial charge is 0.346 e. The maximum absolute atomic E-state index is 11.7. The summed E-state index contributed by atoms with van der Waals surface area (Å²) in [7, 11) is 0. The fourth-order valence-electron chi connectivity index (χ4n) is 1.13. The second kappa shape index (κ2) is 5.09. The van der Waals surface area contributed by atoms with Gasteiger partial charge in [-0.2, -0.15) is 0 Å². The van der Waals surface area contributed by atoms with Crippen molar-refractivity contribution in [2.75, 3.05) is 0 Å². The molecule has 2 aromatic heterocycles. The molecular formula is C10H9N3OS2. The summed E-state index contributed by atoms with van der Waals surface area (Å²) in [5.74, 6) is -0.107. The lowest BCUT2D eigenvalue weighted by Crippen LogP contribution is -2.22. The Morgan fingerprint density at radius 3 is 3.06 bits per heavy atom. The molecule has 0 radical (unpaired) electrons. The Bertz CT molecular complexity index is 484. The van der Waals surface area contributed by atoms with E-state index in [1.165, 1.54) is 17.7 Å². The third-order valence-electron chi connectivity index (χ3n) is 1.88. The number of carbonyl (C=O) groups excluding carboxylic acids is 1. The highest BCUT2D eigenvalue weighted by Crippen LogP contribution is 2.17. The van der Waals surface area contributed by atoms with Gasteiger partial charge in [-0.15, -0.1) is 24.0 Å². The zero-order valence-electron chi connectivity index (χ0n) is 8.25. The number of thiol groups is 1. The summed E-state index contributed by atoms with van der Waals surface area (Å²) in [5, 5.41) is 4.60. The maximum Gasteiger partial charge on any atom is 0.261 e. The summed E-state index contributed by atoms with van der Waals surface area (Å²) in [5.41, 5.74) is 0.783.